The van der Waals surface area contributed by atoms with Crippen molar-refractivity contribution < 1.29 is 4.79 Å². The third-order valence-electron chi connectivity index (χ3n) is 1.63. The molecule has 0 radical (unpaired) electrons. The van der Waals surface area contributed by atoms with E-state index in [2.05, 4.69) is 11.2 Å². The van der Waals surface area contributed by atoms with Crippen LogP contribution >= 0.6 is 0 Å². The zero-order chi connectivity index (χ0) is 10.3. The molecule has 1 amide bonds. The first kappa shape index (κ1) is 12.0. The van der Waals surface area contributed by atoms with Crippen LogP contribution in [0.2, 0.25) is 0 Å². The zero-order valence-corrected chi connectivity index (χ0v) is 8.34. The lowest BCUT2D eigenvalue weighted by Crippen LogP contribution is -2.41. The minimum Gasteiger partial charge on any atom is -0.354 e. The summed E-state index contributed by atoms with van der Waals surface area (Å²) in [6, 6.07) is -0.405. The third-order valence-corrected chi connectivity index (χ3v) is 1.63. The molecule has 74 valence electrons. The Labute approximate surface area is 80.1 Å². The highest BCUT2D eigenvalue weighted by molar-refractivity contribution is 5.81. The summed E-state index contributed by atoms with van der Waals surface area (Å²) >= 11 is 0. The summed E-state index contributed by atoms with van der Waals surface area (Å²) in [5.74, 6) is 2.78. The number of carbonyl (C=O) groups is 1. The highest BCUT2D eigenvalue weighted by atomic mass is 16.2. The second kappa shape index (κ2) is 6.50. The Bertz CT molecular complexity index is 194. The van der Waals surface area contributed by atoms with E-state index >= 15 is 0 Å². The molecule has 0 aromatic rings. The molecule has 13 heavy (non-hydrogen) atoms. The Balaban J connectivity index is 3.64. The number of hydrogen-bond acceptors (Lipinski definition) is 2. The van der Waals surface area contributed by atoms with Crippen molar-refractivity contribution in [1.82, 2.24) is 5.32 Å². The van der Waals surface area contributed by atoms with E-state index in [-0.39, 0.29) is 5.91 Å². The number of terminal acetylenes is 1. The van der Waals surface area contributed by atoms with Crippen LogP contribution in [0.1, 0.15) is 26.7 Å². The van der Waals surface area contributed by atoms with Gasteiger partial charge in [-0.15, -0.1) is 12.3 Å². The van der Waals surface area contributed by atoms with E-state index in [1.54, 1.807) is 0 Å². The monoisotopic (exact) mass is 182 g/mol. The van der Waals surface area contributed by atoms with E-state index < -0.39 is 6.04 Å². The lowest BCUT2D eigenvalue weighted by atomic mass is 10.0. The number of amides is 1. The first-order valence-corrected chi connectivity index (χ1v) is 4.54. The average Bonchev–Trinajstić information content (AvgIpc) is 2.03. The molecule has 0 aromatic carbocycles. The quantitative estimate of drug-likeness (QED) is 0.480. The maximum Gasteiger partial charge on any atom is 0.236 e. The normalized spacial score (nSPS) is 12.2. The van der Waals surface area contributed by atoms with Crippen molar-refractivity contribution in [3.63, 3.8) is 0 Å². The van der Waals surface area contributed by atoms with Gasteiger partial charge in [0.25, 0.3) is 0 Å². The Morgan fingerprint density at radius 2 is 2.23 bits per heavy atom. The van der Waals surface area contributed by atoms with Crippen molar-refractivity contribution in [3.8, 4) is 12.3 Å². The predicted molar refractivity (Wildman–Crippen MR) is 53.9 cm³/mol. The van der Waals surface area contributed by atoms with Gasteiger partial charge in [0.1, 0.15) is 0 Å². The topological polar surface area (TPSA) is 55.1 Å². The summed E-state index contributed by atoms with van der Waals surface area (Å²) in [5.41, 5.74) is 5.64. The molecular weight excluding hydrogens is 164 g/mol. The van der Waals surface area contributed by atoms with E-state index in [0.717, 1.165) is 0 Å². The summed E-state index contributed by atoms with van der Waals surface area (Å²) < 4.78 is 0. The van der Waals surface area contributed by atoms with E-state index in [1.165, 1.54) is 0 Å². The maximum absolute atomic E-state index is 11.2. The number of nitrogens with one attached hydrogen (secondary N) is 1. The SMILES string of the molecule is C#CCCNC(=O)[C@H](N)CC(C)C. The lowest BCUT2D eigenvalue weighted by molar-refractivity contribution is -0.122. The third kappa shape index (κ3) is 6.18. The first-order valence-electron chi connectivity index (χ1n) is 4.54. The molecule has 0 heterocycles. The fraction of sp³-hybridized carbons (Fsp3) is 0.700. The summed E-state index contributed by atoms with van der Waals surface area (Å²) in [7, 11) is 0. The molecule has 0 aliphatic heterocycles. The molecule has 3 nitrogen and oxygen atoms in total. The lowest BCUT2D eigenvalue weighted by Gasteiger charge is -2.13. The van der Waals surface area contributed by atoms with Gasteiger partial charge in [0, 0.05) is 13.0 Å². The molecule has 0 saturated carbocycles. The second-order valence-electron chi connectivity index (χ2n) is 3.48. The van der Waals surface area contributed by atoms with Crippen LogP contribution in [0.25, 0.3) is 0 Å². The van der Waals surface area contributed by atoms with Crippen LogP contribution in [0, 0.1) is 18.3 Å². The highest BCUT2D eigenvalue weighted by Crippen LogP contribution is 2.02. The van der Waals surface area contributed by atoms with Crippen LogP contribution in [0.5, 0.6) is 0 Å². The van der Waals surface area contributed by atoms with Gasteiger partial charge < -0.3 is 11.1 Å². The second-order valence-corrected chi connectivity index (χ2v) is 3.48. The summed E-state index contributed by atoms with van der Waals surface area (Å²) in [5, 5.41) is 2.68. The van der Waals surface area contributed by atoms with Gasteiger partial charge in [0.05, 0.1) is 6.04 Å². The molecule has 0 aromatic heterocycles. The molecule has 1 atom stereocenters. The van der Waals surface area contributed by atoms with Crippen molar-refractivity contribution in [2.24, 2.45) is 11.7 Å². The van der Waals surface area contributed by atoms with Gasteiger partial charge >= 0.3 is 0 Å². The van der Waals surface area contributed by atoms with Gasteiger partial charge in [-0.05, 0) is 12.3 Å². The molecule has 0 aliphatic rings. The Hall–Kier alpha value is -1.01. The zero-order valence-electron chi connectivity index (χ0n) is 8.34. The van der Waals surface area contributed by atoms with Crippen LogP contribution in [0.3, 0.4) is 0 Å². The van der Waals surface area contributed by atoms with Crippen LogP contribution in [-0.2, 0) is 4.79 Å². The molecular formula is C10H18N2O. The van der Waals surface area contributed by atoms with Crippen molar-refractivity contribution in [2.45, 2.75) is 32.7 Å². The van der Waals surface area contributed by atoms with Crippen LogP contribution in [0.15, 0.2) is 0 Å². The van der Waals surface area contributed by atoms with Crippen molar-refractivity contribution in [3.05, 3.63) is 0 Å². The molecule has 0 saturated heterocycles. The molecule has 0 fully saturated rings. The predicted octanol–water partition coefficient (Wildman–Crippen LogP) is 0.499. The van der Waals surface area contributed by atoms with E-state index in [9.17, 15) is 4.79 Å². The molecule has 0 rings (SSSR count). The maximum atomic E-state index is 11.2. The number of carbonyl (C=O) groups excluding carboxylic acids is 1. The number of nitrogens with two attached hydrogens (primary N) is 1. The molecule has 3 heteroatoms. The van der Waals surface area contributed by atoms with Crippen LogP contribution in [-0.4, -0.2) is 18.5 Å². The summed E-state index contributed by atoms with van der Waals surface area (Å²) in [6.07, 6.45) is 6.30. The summed E-state index contributed by atoms with van der Waals surface area (Å²) in [4.78, 5) is 11.2. The van der Waals surface area contributed by atoms with Gasteiger partial charge in [-0.1, -0.05) is 13.8 Å². The van der Waals surface area contributed by atoms with E-state index in [4.69, 9.17) is 12.2 Å². The Morgan fingerprint density at radius 1 is 1.62 bits per heavy atom. The number of rotatable bonds is 5. The highest BCUT2D eigenvalue weighted by Gasteiger charge is 2.13. The van der Waals surface area contributed by atoms with Gasteiger partial charge in [-0.25, -0.2) is 0 Å². The molecule has 0 aliphatic carbocycles. The van der Waals surface area contributed by atoms with Crippen molar-refractivity contribution in [2.75, 3.05) is 6.54 Å². The molecule has 0 spiro atoms. The minimum absolute atomic E-state index is 0.107. The van der Waals surface area contributed by atoms with Crippen LogP contribution in [0.4, 0.5) is 0 Å². The fourth-order valence-corrected chi connectivity index (χ4v) is 1.00. The Morgan fingerprint density at radius 3 is 2.69 bits per heavy atom. The van der Waals surface area contributed by atoms with Gasteiger partial charge in [0.2, 0.25) is 5.91 Å². The van der Waals surface area contributed by atoms with Gasteiger partial charge in [-0.2, -0.15) is 0 Å². The van der Waals surface area contributed by atoms with Crippen molar-refractivity contribution in [1.29, 1.82) is 0 Å². The van der Waals surface area contributed by atoms with Crippen molar-refractivity contribution >= 4 is 5.91 Å². The molecule has 0 bridgehead atoms. The molecule has 3 N–H and O–H groups in total. The Kier molecular flexibility index (Phi) is 5.99. The van der Waals surface area contributed by atoms with E-state index in [1.807, 2.05) is 13.8 Å². The standard InChI is InChI=1S/C10H18N2O/c1-4-5-6-12-10(13)9(11)7-8(2)3/h1,8-9H,5-7,11H2,2-3H3,(H,12,13)/t9-/m1/s1. The first-order chi connectivity index (χ1) is 6.07. The van der Waals surface area contributed by atoms with Crippen LogP contribution < -0.4 is 11.1 Å². The largest absolute Gasteiger partial charge is 0.354 e. The van der Waals surface area contributed by atoms with Gasteiger partial charge in [0.15, 0.2) is 0 Å². The summed E-state index contributed by atoms with van der Waals surface area (Å²) in [6.45, 7) is 4.59. The average molecular weight is 182 g/mol. The minimum atomic E-state index is -0.405. The van der Waals surface area contributed by atoms with Gasteiger partial charge in [-0.3, -0.25) is 4.79 Å². The smallest absolute Gasteiger partial charge is 0.236 e. The molecule has 0 unspecified atom stereocenters. The fourth-order valence-electron chi connectivity index (χ4n) is 1.00. The number of hydrogen-bond donors (Lipinski definition) is 2. The van der Waals surface area contributed by atoms with E-state index in [0.29, 0.717) is 25.3 Å².